The van der Waals surface area contributed by atoms with Gasteiger partial charge >= 0.3 is 0 Å². The molecule has 1 aliphatic rings. The van der Waals surface area contributed by atoms with Gasteiger partial charge in [-0.2, -0.15) is 0 Å². The zero-order chi connectivity index (χ0) is 11.1. The Morgan fingerprint density at radius 1 is 1.06 bits per heavy atom. The first-order chi connectivity index (χ1) is 7.95. The first kappa shape index (κ1) is 11.1. The van der Waals surface area contributed by atoms with Crippen molar-refractivity contribution in [2.24, 2.45) is 0 Å². The molecule has 16 heavy (non-hydrogen) atoms. The largest absolute Gasteiger partial charge is 0.0977 e. The van der Waals surface area contributed by atoms with Gasteiger partial charge in [-0.05, 0) is 31.4 Å². The second-order valence-electron chi connectivity index (χ2n) is 4.48. The highest BCUT2D eigenvalue weighted by Crippen LogP contribution is 2.30. The molecule has 1 aromatic carbocycles. The van der Waals surface area contributed by atoms with Gasteiger partial charge in [0.2, 0.25) is 0 Å². The first-order valence-corrected chi connectivity index (χ1v) is 6.32. The van der Waals surface area contributed by atoms with Crippen molar-refractivity contribution in [3.63, 3.8) is 0 Å². The summed E-state index contributed by atoms with van der Waals surface area (Å²) in [6.45, 7) is 0. The maximum Gasteiger partial charge on any atom is 0.0909 e. The highest BCUT2D eigenvalue weighted by Gasteiger charge is 2.24. The minimum Gasteiger partial charge on any atom is -0.0977 e. The van der Waals surface area contributed by atoms with Gasteiger partial charge in [0.05, 0.1) is 25.2 Å². The van der Waals surface area contributed by atoms with Gasteiger partial charge in [0, 0.05) is 12.0 Å². The fourth-order valence-electron chi connectivity index (χ4n) is 2.24. The van der Waals surface area contributed by atoms with Gasteiger partial charge in [0.15, 0.2) is 0 Å². The Morgan fingerprint density at radius 3 is 2.56 bits per heavy atom. The maximum absolute atomic E-state index is 3.26. The minimum absolute atomic E-state index is 1.04. The van der Waals surface area contributed by atoms with E-state index in [2.05, 4.69) is 24.0 Å². The lowest BCUT2D eigenvalue weighted by atomic mass is 10.0. The third-order valence-corrected chi connectivity index (χ3v) is 3.15. The van der Waals surface area contributed by atoms with E-state index in [1.165, 1.54) is 38.5 Å². The Morgan fingerprint density at radius 2 is 1.81 bits per heavy atom. The maximum atomic E-state index is 3.26. The van der Waals surface area contributed by atoms with E-state index in [-0.39, 0.29) is 0 Å². The van der Waals surface area contributed by atoms with Crippen molar-refractivity contribution in [3.8, 4) is 11.8 Å². The molecule has 1 fully saturated rings. The van der Waals surface area contributed by atoms with Gasteiger partial charge in [0.1, 0.15) is 0 Å². The third kappa shape index (κ3) is 3.66. The van der Waals surface area contributed by atoms with Crippen LogP contribution < -0.4 is 0 Å². The van der Waals surface area contributed by atoms with Crippen molar-refractivity contribution < 1.29 is 0 Å². The van der Waals surface area contributed by atoms with Crippen LogP contribution in [-0.4, -0.2) is 0 Å². The Labute approximate surface area is 99.1 Å². The molecule has 0 heteroatoms. The topological polar surface area (TPSA) is 0 Å². The molecule has 0 saturated heterocycles. The summed E-state index contributed by atoms with van der Waals surface area (Å²) >= 11 is 0. The summed E-state index contributed by atoms with van der Waals surface area (Å²) in [6, 6.07) is 10.2. The van der Waals surface area contributed by atoms with E-state index in [4.69, 9.17) is 0 Å². The normalized spacial score (nSPS) is 14.6. The molecule has 2 rings (SSSR count). The average Bonchev–Trinajstić information content (AvgIpc) is 2.83. The fourth-order valence-corrected chi connectivity index (χ4v) is 2.24. The molecule has 0 spiro atoms. The molecule has 0 aliphatic heterocycles. The van der Waals surface area contributed by atoms with Gasteiger partial charge < -0.3 is 0 Å². The minimum atomic E-state index is 1.04. The van der Waals surface area contributed by atoms with E-state index >= 15 is 0 Å². The predicted octanol–water partition coefficient (Wildman–Crippen LogP) is 4.36. The molecular weight excluding hydrogens is 192 g/mol. The summed E-state index contributed by atoms with van der Waals surface area (Å²) in [4.78, 5) is 0. The monoisotopic (exact) mass is 211 g/mol. The van der Waals surface area contributed by atoms with E-state index in [0.29, 0.717) is 0 Å². The van der Waals surface area contributed by atoms with Crippen LogP contribution in [0.1, 0.15) is 50.5 Å². The molecule has 0 aromatic heterocycles. The smallest absolute Gasteiger partial charge is 0.0909 e. The number of hydrogen-bond donors (Lipinski definition) is 0. The Bertz CT molecular complexity index is 347. The summed E-state index contributed by atoms with van der Waals surface area (Å²) in [5.74, 6) is 8.25. The molecule has 1 saturated carbocycles. The van der Waals surface area contributed by atoms with Crippen LogP contribution in [0.4, 0.5) is 0 Å². The van der Waals surface area contributed by atoms with Crippen LogP contribution in [0.5, 0.6) is 0 Å². The van der Waals surface area contributed by atoms with Crippen LogP contribution >= 0.6 is 0 Å². The van der Waals surface area contributed by atoms with Gasteiger partial charge in [-0.25, -0.2) is 0 Å². The molecule has 0 N–H and O–H groups in total. The molecular formula is C16H19+. The molecule has 0 radical (unpaired) electrons. The number of benzene rings is 1. The van der Waals surface area contributed by atoms with Crippen molar-refractivity contribution >= 4 is 0 Å². The van der Waals surface area contributed by atoms with Gasteiger partial charge in [-0.1, -0.05) is 30.0 Å². The summed E-state index contributed by atoms with van der Waals surface area (Å²) in [6.07, 6.45) is 9.20. The zero-order valence-electron chi connectivity index (χ0n) is 9.84. The summed E-state index contributed by atoms with van der Waals surface area (Å²) < 4.78 is 0. The molecule has 0 nitrogen and oxygen atoms in total. The third-order valence-electron chi connectivity index (χ3n) is 3.15. The second-order valence-corrected chi connectivity index (χ2v) is 4.48. The zero-order valence-corrected chi connectivity index (χ0v) is 9.84. The van der Waals surface area contributed by atoms with Crippen LogP contribution in [0.25, 0.3) is 0 Å². The van der Waals surface area contributed by atoms with Gasteiger partial charge in [-0.3, -0.25) is 0 Å². The number of hydrogen-bond acceptors (Lipinski definition) is 0. The van der Waals surface area contributed by atoms with Crippen LogP contribution in [0.2, 0.25) is 0 Å². The molecule has 0 heterocycles. The van der Waals surface area contributed by atoms with Crippen LogP contribution in [0.3, 0.4) is 0 Å². The lowest BCUT2D eigenvalue weighted by Crippen LogP contribution is -1.88. The Kier molecular flexibility index (Phi) is 4.37. The van der Waals surface area contributed by atoms with E-state index < -0.39 is 0 Å². The Balaban J connectivity index is 1.66. The molecule has 0 bridgehead atoms. The quantitative estimate of drug-likeness (QED) is 0.396. The summed E-state index contributed by atoms with van der Waals surface area (Å²) in [5.41, 5.74) is 1.14. The highest BCUT2D eigenvalue weighted by atomic mass is 14.2. The van der Waals surface area contributed by atoms with Crippen LogP contribution in [0, 0.1) is 17.8 Å². The summed E-state index contributed by atoms with van der Waals surface area (Å²) in [5, 5.41) is 0. The van der Waals surface area contributed by atoms with Gasteiger partial charge in [-0.15, -0.1) is 0 Å². The lowest BCUT2D eigenvalue weighted by Gasteiger charge is -1.94. The van der Waals surface area contributed by atoms with Crippen LogP contribution in [-0.2, 0) is 0 Å². The molecule has 82 valence electrons. The Hall–Kier alpha value is -1.35. The number of unbranched alkanes of at least 4 members (excludes halogenated alkanes) is 1. The van der Waals surface area contributed by atoms with E-state index in [0.717, 1.165) is 12.0 Å². The van der Waals surface area contributed by atoms with Gasteiger partial charge in [0.25, 0.3) is 0 Å². The molecule has 1 aliphatic carbocycles. The van der Waals surface area contributed by atoms with Crippen molar-refractivity contribution in [1.29, 1.82) is 0 Å². The number of rotatable bonds is 3. The summed E-state index contributed by atoms with van der Waals surface area (Å²) in [7, 11) is 0. The van der Waals surface area contributed by atoms with E-state index in [1.807, 2.05) is 18.2 Å². The van der Waals surface area contributed by atoms with Crippen molar-refractivity contribution in [2.75, 3.05) is 0 Å². The average molecular weight is 211 g/mol. The van der Waals surface area contributed by atoms with E-state index in [1.54, 1.807) is 5.92 Å². The van der Waals surface area contributed by atoms with E-state index in [9.17, 15) is 0 Å². The lowest BCUT2D eigenvalue weighted by molar-refractivity contribution is 0.715. The molecule has 0 unspecified atom stereocenters. The van der Waals surface area contributed by atoms with Crippen molar-refractivity contribution in [3.05, 3.63) is 41.8 Å². The first-order valence-electron chi connectivity index (χ1n) is 6.32. The predicted molar refractivity (Wildman–Crippen MR) is 68.9 cm³/mol. The highest BCUT2D eigenvalue weighted by molar-refractivity contribution is 5.33. The standard InChI is InChI=1S/C16H19/c1-3-9-15(10-4-1)11-5-2-6-12-16-13-7-8-14-16/h1,3-4,9-10H,2,6-8,12-14H2/q+1. The fraction of sp³-hybridized carbons (Fsp3) is 0.438. The molecule has 1 aromatic rings. The van der Waals surface area contributed by atoms with Crippen molar-refractivity contribution in [1.82, 2.24) is 0 Å². The molecule has 0 atom stereocenters. The SMILES string of the molecule is C(#Cc1ccccc1)CCC[C+]1CCCC1. The van der Waals surface area contributed by atoms with Crippen LogP contribution in [0.15, 0.2) is 30.3 Å². The van der Waals surface area contributed by atoms with Crippen molar-refractivity contribution in [2.45, 2.75) is 44.9 Å². The molecule has 0 amide bonds. The second kappa shape index (κ2) is 6.28.